The van der Waals surface area contributed by atoms with Crippen LogP contribution in [-0.2, 0) is 9.47 Å². The Balaban J connectivity index is 2.04. The number of unbranched alkanes of at least 4 members (excludes halogenated alkanes) is 18. The van der Waals surface area contributed by atoms with E-state index in [0.29, 0.717) is 5.25 Å². The first-order valence-electron chi connectivity index (χ1n) is 20.4. The van der Waals surface area contributed by atoms with Gasteiger partial charge in [0.15, 0.2) is 0 Å². The maximum atomic E-state index is 6.41. The van der Waals surface area contributed by atoms with Crippen LogP contribution in [0.25, 0.3) is 0 Å². The minimum absolute atomic E-state index is 0.213. The largest absolute Gasteiger partial charge is 0.374 e. The Bertz CT molecular complexity index is 703. The molecule has 0 radical (unpaired) electrons. The third-order valence-corrected chi connectivity index (χ3v) is 9.33. The van der Waals surface area contributed by atoms with Crippen molar-refractivity contribution >= 4 is 12.6 Å². The molecule has 1 aliphatic heterocycles. The SMILES string of the molecule is CCCCC/C=C\C/C=C\CCCCCCCCO[C@@H]1CN(CC(C)S)C[C@H]1OCCCCCCCC/C=C\C/C=C\CCCCC. The summed E-state index contributed by atoms with van der Waals surface area (Å²) in [7, 11) is 0. The average molecular weight is 674 g/mol. The van der Waals surface area contributed by atoms with Gasteiger partial charge in [0.25, 0.3) is 0 Å². The zero-order valence-corrected chi connectivity index (χ0v) is 32.5. The van der Waals surface area contributed by atoms with Crippen molar-refractivity contribution in [3.05, 3.63) is 48.6 Å². The lowest BCUT2D eigenvalue weighted by atomic mass is 10.1. The Morgan fingerprint density at radius 2 is 0.851 bits per heavy atom. The second-order valence-electron chi connectivity index (χ2n) is 14.1. The molecule has 274 valence electrons. The van der Waals surface area contributed by atoms with Crippen molar-refractivity contribution < 1.29 is 9.47 Å². The second-order valence-corrected chi connectivity index (χ2v) is 14.9. The van der Waals surface area contributed by atoms with Crippen molar-refractivity contribution in [1.29, 1.82) is 0 Å². The first-order chi connectivity index (χ1) is 23.2. The maximum absolute atomic E-state index is 6.41. The van der Waals surface area contributed by atoms with Crippen LogP contribution in [0, 0.1) is 0 Å². The molecule has 0 aliphatic carbocycles. The van der Waals surface area contributed by atoms with Gasteiger partial charge >= 0.3 is 0 Å². The molecule has 0 aromatic rings. The number of ether oxygens (including phenoxy) is 2. The Kier molecular flexibility index (Phi) is 33.0. The van der Waals surface area contributed by atoms with Gasteiger partial charge in [-0.05, 0) is 77.0 Å². The summed E-state index contributed by atoms with van der Waals surface area (Å²) in [4.78, 5) is 2.49. The zero-order valence-electron chi connectivity index (χ0n) is 31.6. The minimum atomic E-state index is 0.213. The monoisotopic (exact) mass is 674 g/mol. The van der Waals surface area contributed by atoms with Gasteiger partial charge in [-0.2, -0.15) is 12.6 Å². The number of thiol groups is 1. The van der Waals surface area contributed by atoms with Crippen LogP contribution in [0.15, 0.2) is 48.6 Å². The highest BCUT2D eigenvalue weighted by Crippen LogP contribution is 2.20. The lowest BCUT2D eigenvalue weighted by Crippen LogP contribution is -2.30. The van der Waals surface area contributed by atoms with Crippen molar-refractivity contribution in [1.82, 2.24) is 4.90 Å². The molecule has 1 unspecified atom stereocenters. The van der Waals surface area contributed by atoms with Gasteiger partial charge in [0, 0.05) is 38.1 Å². The van der Waals surface area contributed by atoms with E-state index in [2.05, 4.69) is 86.9 Å². The molecule has 0 bridgehead atoms. The standard InChI is InChI=1S/C43H79NO2S/c1-4-6-8-10-12-14-16-18-20-22-24-26-28-30-32-34-36-45-42-39-44(38-41(3)47)40-43(42)46-37-35-33-31-29-27-25-23-21-19-17-15-13-11-9-7-5-2/h12-15,18-21,41-43,47H,4-11,16-17,22-40H2,1-3H3/b14-12-,15-13-,20-18-,21-19-/t41?,42-,43-/m1/s1. The van der Waals surface area contributed by atoms with Crippen LogP contribution in [0.4, 0.5) is 0 Å². The maximum Gasteiger partial charge on any atom is 0.0975 e. The van der Waals surface area contributed by atoms with Gasteiger partial charge in [0.05, 0.1) is 12.2 Å². The van der Waals surface area contributed by atoms with Gasteiger partial charge in [-0.3, -0.25) is 4.90 Å². The van der Waals surface area contributed by atoms with Crippen molar-refractivity contribution in [2.75, 3.05) is 32.8 Å². The summed E-state index contributed by atoms with van der Waals surface area (Å²) in [5.41, 5.74) is 0. The summed E-state index contributed by atoms with van der Waals surface area (Å²) in [6, 6.07) is 0. The number of likely N-dealkylation sites (tertiary alicyclic amines) is 1. The molecule has 1 saturated heterocycles. The molecule has 0 aromatic heterocycles. The molecular weight excluding hydrogens is 595 g/mol. The van der Waals surface area contributed by atoms with Crippen molar-refractivity contribution in [2.45, 2.75) is 192 Å². The fourth-order valence-electron chi connectivity index (χ4n) is 6.31. The van der Waals surface area contributed by atoms with Crippen LogP contribution in [-0.4, -0.2) is 55.2 Å². The van der Waals surface area contributed by atoms with E-state index in [1.54, 1.807) is 0 Å². The predicted octanol–water partition coefficient (Wildman–Crippen LogP) is 13.0. The Hall–Kier alpha value is -0.810. The third kappa shape index (κ3) is 29.8. The van der Waals surface area contributed by atoms with Crippen LogP contribution in [0.3, 0.4) is 0 Å². The molecule has 1 fully saturated rings. The quantitative estimate of drug-likeness (QED) is 0.0417. The van der Waals surface area contributed by atoms with E-state index < -0.39 is 0 Å². The molecule has 47 heavy (non-hydrogen) atoms. The van der Waals surface area contributed by atoms with Crippen LogP contribution in [0.5, 0.6) is 0 Å². The van der Waals surface area contributed by atoms with Crippen molar-refractivity contribution in [3.8, 4) is 0 Å². The molecule has 1 aliphatic rings. The highest BCUT2D eigenvalue weighted by molar-refractivity contribution is 7.80. The van der Waals surface area contributed by atoms with Gasteiger partial charge in [0.2, 0.25) is 0 Å². The van der Waals surface area contributed by atoms with Gasteiger partial charge in [0.1, 0.15) is 0 Å². The number of allylic oxidation sites excluding steroid dienone is 8. The molecule has 4 heteroatoms. The van der Waals surface area contributed by atoms with Gasteiger partial charge in [-0.25, -0.2) is 0 Å². The molecule has 3 atom stereocenters. The molecule has 0 N–H and O–H groups in total. The summed E-state index contributed by atoms with van der Waals surface area (Å²) in [6.45, 7) is 11.4. The van der Waals surface area contributed by atoms with E-state index in [1.807, 2.05) is 0 Å². The van der Waals surface area contributed by atoms with Crippen LogP contribution >= 0.6 is 12.6 Å². The van der Waals surface area contributed by atoms with Crippen LogP contribution in [0.1, 0.15) is 175 Å². The predicted molar refractivity (Wildman–Crippen MR) is 213 cm³/mol. The molecule has 0 amide bonds. The topological polar surface area (TPSA) is 21.7 Å². The molecule has 0 saturated carbocycles. The average Bonchev–Trinajstić information content (AvgIpc) is 3.44. The highest BCUT2D eigenvalue weighted by Gasteiger charge is 2.34. The third-order valence-electron chi connectivity index (χ3n) is 9.17. The fraction of sp³-hybridized carbons (Fsp3) is 0.814. The smallest absolute Gasteiger partial charge is 0.0975 e. The van der Waals surface area contributed by atoms with Gasteiger partial charge < -0.3 is 9.47 Å². The van der Waals surface area contributed by atoms with Crippen molar-refractivity contribution in [3.63, 3.8) is 0 Å². The van der Waals surface area contributed by atoms with Crippen molar-refractivity contribution in [2.24, 2.45) is 0 Å². The number of hydrogen-bond acceptors (Lipinski definition) is 4. The Morgan fingerprint density at radius 1 is 0.511 bits per heavy atom. The molecule has 1 rings (SSSR count). The van der Waals surface area contributed by atoms with E-state index in [-0.39, 0.29) is 12.2 Å². The summed E-state index contributed by atoms with van der Waals surface area (Å²) >= 11 is 4.64. The van der Waals surface area contributed by atoms with Gasteiger partial charge in [-0.15, -0.1) is 0 Å². The number of hydrogen-bond donors (Lipinski definition) is 1. The van der Waals surface area contributed by atoms with E-state index in [1.165, 1.54) is 141 Å². The second kappa shape index (κ2) is 35.0. The van der Waals surface area contributed by atoms with E-state index in [0.717, 1.165) is 45.7 Å². The number of rotatable bonds is 34. The Labute approximate surface area is 299 Å². The summed E-state index contributed by atoms with van der Waals surface area (Å²) in [5.74, 6) is 0. The number of nitrogens with zero attached hydrogens (tertiary/aromatic N) is 1. The fourth-order valence-corrected chi connectivity index (χ4v) is 6.54. The van der Waals surface area contributed by atoms with Crippen LogP contribution in [0.2, 0.25) is 0 Å². The lowest BCUT2D eigenvalue weighted by molar-refractivity contribution is -0.0481. The van der Waals surface area contributed by atoms with E-state index in [4.69, 9.17) is 9.47 Å². The zero-order chi connectivity index (χ0) is 33.9. The first kappa shape index (κ1) is 44.2. The Morgan fingerprint density at radius 3 is 1.21 bits per heavy atom. The normalized spacial score (nSPS) is 18.3. The summed E-state index contributed by atoms with van der Waals surface area (Å²) in [5, 5.41) is 0.384. The summed E-state index contributed by atoms with van der Waals surface area (Å²) in [6.07, 6.45) is 49.9. The van der Waals surface area contributed by atoms with E-state index >= 15 is 0 Å². The minimum Gasteiger partial charge on any atom is -0.374 e. The first-order valence-corrected chi connectivity index (χ1v) is 20.9. The van der Waals surface area contributed by atoms with Crippen LogP contribution < -0.4 is 0 Å². The lowest BCUT2D eigenvalue weighted by Gasteiger charge is -2.20. The molecule has 0 aromatic carbocycles. The van der Waals surface area contributed by atoms with Gasteiger partial charge in [-0.1, -0.05) is 146 Å². The summed E-state index contributed by atoms with van der Waals surface area (Å²) < 4.78 is 12.8. The molecule has 0 spiro atoms. The molecular formula is C43H79NO2S. The highest BCUT2D eigenvalue weighted by atomic mass is 32.1. The van der Waals surface area contributed by atoms with E-state index in [9.17, 15) is 0 Å². The molecule has 1 heterocycles. The molecule has 3 nitrogen and oxygen atoms in total.